The molecule has 0 bridgehead atoms. The maximum absolute atomic E-state index is 12.4. The van der Waals surface area contributed by atoms with E-state index in [4.69, 9.17) is 9.15 Å². The van der Waals surface area contributed by atoms with Crippen molar-refractivity contribution in [3.05, 3.63) is 60.0 Å². The van der Waals surface area contributed by atoms with Gasteiger partial charge in [-0.2, -0.15) is 0 Å². The molecule has 25 heavy (non-hydrogen) atoms. The third kappa shape index (κ3) is 3.86. The Hall–Kier alpha value is -2.71. The number of sulfonamides is 1. The van der Waals surface area contributed by atoms with E-state index in [1.165, 1.54) is 0 Å². The van der Waals surface area contributed by atoms with Gasteiger partial charge in [0.25, 0.3) is 0 Å². The van der Waals surface area contributed by atoms with Crippen LogP contribution in [-0.4, -0.2) is 25.7 Å². The molecule has 1 N–H and O–H groups in total. The highest BCUT2D eigenvalue weighted by Gasteiger charge is 2.18. The average molecular weight is 359 g/mol. The van der Waals surface area contributed by atoms with E-state index in [-0.39, 0.29) is 17.3 Å². The van der Waals surface area contributed by atoms with Gasteiger partial charge in [0.15, 0.2) is 0 Å². The van der Waals surface area contributed by atoms with E-state index in [1.54, 1.807) is 62.6 Å². The fraction of sp³-hybridized carbons (Fsp3) is 0.176. The predicted octanol–water partition coefficient (Wildman–Crippen LogP) is 2.53. The van der Waals surface area contributed by atoms with Crippen LogP contribution in [-0.2, 0) is 16.6 Å². The normalized spacial score (nSPS) is 11.4. The lowest BCUT2D eigenvalue weighted by Crippen LogP contribution is -2.24. The van der Waals surface area contributed by atoms with Crippen molar-refractivity contribution in [1.82, 2.24) is 14.9 Å². The highest BCUT2D eigenvalue weighted by Crippen LogP contribution is 2.22. The summed E-state index contributed by atoms with van der Waals surface area (Å²) >= 11 is 0. The Morgan fingerprint density at radius 3 is 2.68 bits per heavy atom. The molecule has 0 saturated heterocycles. The summed E-state index contributed by atoms with van der Waals surface area (Å²) in [5.74, 6) is 1.14. The molecule has 0 aliphatic heterocycles. The minimum absolute atomic E-state index is 0.0896. The van der Waals surface area contributed by atoms with Crippen LogP contribution in [0.4, 0.5) is 0 Å². The molecule has 3 rings (SSSR count). The van der Waals surface area contributed by atoms with Gasteiger partial charge in [0.1, 0.15) is 5.75 Å². The molecule has 3 aromatic rings. The summed E-state index contributed by atoms with van der Waals surface area (Å²) in [6.07, 6.45) is 0. The molecule has 2 aromatic carbocycles. The number of aromatic nitrogens is 2. The molecule has 0 unspecified atom stereocenters. The molecule has 0 fully saturated rings. The topological polar surface area (TPSA) is 94.3 Å². The van der Waals surface area contributed by atoms with Crippen LogP contribution in [0.5, 0.6) is 5.75 Å². The molecule has 0 aliphatic rings. The number of hydrogen-bond acceptors (Lipinski definition) is 6. The van der Waals surface area contributed by atoms with Gasteiger partial charge in [-0.1, -0.05) is 24.3 Å². The number of methoxy groups -OCH3 is 1. The van der Waals surface area contributed by atoms with Crippen LogP contribution in [0.25, 0.3) is 11.5 Å². The van der Waals surface area contributed by atoms with Crippen LogP contribution < -0.4 is 9.46 Å². The van der Waals surface area contributed by atoms with E-state index in [9.17, 15) is 8.42 Å². The first kappa shape index (κ1) is 17.1. The first-order valence-electron chi connectivity index (χ1n) is 7.52. The molecule has 0 saturated carbocycles. The van der Waals surface area contributed by atoms with Gasteiger partial charge in [-0.3, -0.25) is 0 Å². The van der Waals surface area contributed by atoms with Crippen molar-refractivity contribution in [3.63, 3.8) is 0 Å². The third-order valence-electron chi connectivity index (χ3n) is 3.58. The maximum atomic E-state index is 12.4. The second-order valence-electron chi connectivity index (χ2n) is 5.32. The minimum atomic E-state index is -3.65. The monoisotopic (exact) mass is 359 g/mol. The first-order chi connectivity index (χ1) is 12.0. The lowest BCUT2D eigenvalue weighted by atomic mass is 10.2. The minimum Gasteiger partial charge on any atom is -0.497 e. The van der Waals surface area contributed by atoms with Crippen molar-refractivity contribution < 1.29 is 17.6 Å². The van der Waals surface area contributed by atoms with E-state index in [2.05, 4.69) is 14.9 Å². The molecule has 0 spiro atoms. The zero-order valence-electron chi connectivity index (χ0n) is 13.8. The summed E-state index contributed by atoms with van der Waals surface area (Å²) in [5.41, 5.74) is 1.36. The second-order valence-corrected chi connectivity index (χ2v) is 7.06. The summed E-state index contributed by atoms with van der Waals surface area (Å²) < 4.78 is 37.9. The number of benzene rings is 2. The van der Waals surface area contributed by atoms with Crippen LogP contribution in [0.3, 0.4) is 0 Å². The highest BCUT2D eigenvalue weighted by molar-refractivity contribution is 7.89. The van der Waals surface area contributed by atoms with Crippen molar-refractivity contribution >= 4 is 10.0 Å². The van der Waals surface area contributed by atoms with Crippen molar-refractivity contribution in [3.8, 4) is 17.2 Å². The SMILES string of the molecule is COc1cccc(-c2nnc(CNS(=O)(=O)c3ccccc3C)o2)c1. The van der Waals surface area contributed by atoms with E-state index in [0.29, 0.717) is 22.8 Å². The quantitative estimate of drug-likeness (QED) is 0.727. The maximum Gasteiger partial charge on any atom is 0.247 e. The molecule has 0 atom stereocenters. The van der Waals surface area contributed by atoms with Gasteiger partial charge in [-0.25, -0.2) is 13.1 Å². The predicted molar refractivity (Wildman–Crippen MR) is 91.5 cm³/mol. The fourth-order valence-corrected chi connectivity index (χ4v) is 3.51. The van der Waals surface area contributed by atoms with E-state index >= 15 is 0 Å². The lowest BCUT2D eigenvalue weighted by molar-refractivity contribution is 0.414. The van der Waals surface area contributed by atoms with E-state index in [0.717, 1.165) is 0 Å². The van der Waals surface area contributed by atoms with Crippen molar-refractivity contribution in [2.75, 3.05) is 7.11 Å². The van der Waals surface area contributed by atoms with Crippen LogP contribution >= 0.6 is 0 Å². The Balaban J connectivity index is 1.75. The zero-order valence-corrected chi connectivity index (χ0v) is 14.6. The first-order valence-corrected chi connectivity index (χ1v) is 9.00. The molecule has 0 aliphatic carbocycles. The number of hydrogen-bond donors (Lipinski definition) is 1. The number of rotatable bonds is 6. The van der Waals surface area contributed by atoms with Gasteiger partial charge in [0.05, 0.1) is 18.6 Å². The number of aryl methyl sites for hydroxylation is 1. The summed E-state index contributed by atoms with van der Waals surface area (Å²) in [4.78, 5) is 0.225. The average Bonchev–Trinajstić information content (AvgIpc) is 3.09. The van der Waals surface area contributed by atoms with Gasteiger partial charge >= 0.3 is 0 Å². The Morgan fingerprint density at radius 1 is 1.12 bits per heavy atom. The largest absolute Gasteiger partial charge is 0.497 e. The van der Waals surface area contributed by atoms with Crippen molar-refractivity contribution in [1.29, 1.82) is 0 Å². The molecule has 0 amide bonds. The van der Waals surface area contributed by atoms with Crippen molar-refractivity contribution in [2.24, 2.45) is 0 Å². The molecular weight excluding hydrogens is 342 g/mol. The standard InChI is InChI=1S/C17H17N3O4S/c1-12-6-3-4-9-15(12)25(21,22)18-11-16-19-20-17(24-16)13-7-5-8-14(10-13)23-2/h3-10,18H,11H2,1-2H3. The summed E-state index contributed by atoms with van der Waals surface area (Å²) in [5, 5.41) is 7.83. The molecule has 7 nitrogen and oxygen atoms in total. The fourth-order valence-electron chi connectivity index (χ4n) is 2.29. The Kier molecular flexibility index (Phi) is 4.82. The zero-order chi connectivity index (χ0) is 17.9. The van der Waals surface area contributed by atoms with Gasteiger partial charge in [-0.05, 0) is 36.8 Å². The molecule has 1 aromatic heterocycles. The molecule has 8 heteroatoms. The molecule has 130 valence electrons. The second kappa shape index (κ2) is 7.04. The van der Waals surface area contributed by atoms with Gasteiger partial charge in [0, 0.05) is 5.56 Å². The van der Waals surface area contributed by atoms with Gasteiger partial charge in [-0.15, -0.1) is 10.2 Å². The Labute approximate surface area is 145 Å². The molecular formula is C17H17N3O4S. The highest BCUT2D eigenvalue weighted by atomic mass is 32.2. The number of nitrogens with zero attached hydrogens (tertiary/aromatic N) is 2. The third-order valence-corrected chi connectivity index (χ3v) is 5.14. The van der Waals surface area contributed by atoms with Crippen LogP contribution in [0.15, 0.2) is 57.8 Å². The van der Waals surface area contributed by atoms with Gasteiger partial charge in [0.2, 0.25) is 21.8 Å². The van der Waals surface area contributed by atoms with E-state index < -0.39 is 10.0 Å². The summed E-state index contributed by atoms with van der Waals surface area (Å²) in [6.45, 7) is 1.65. The Morgan fingerprint density at radius 2 is 1.92 bits per heavy atom. The number of ether oxygens (including phenoxy) is 1. The lowest BCUT2D eigenvalue weighted by Gasteiger charge is -2.07. The molecule has 0 radical (unpaired) electrons. The van der Waals surface area contributed by atoms with Crippen LogP contribution in [0.2, 0.25) is 0 Å². The van der Waals surface area contributed by atoms with Crippen LogP contribution in [0, 0.1) is 6.92 Å². The smallest absolute Gasteiger partial charge is 0.247 e. The Bertz CT molecular complexity index is 983. The summed E-state index contributed by atoms with van der Waals surface area (Å²) in [7, 11) is -2.08. The van der Waals surface area contributed by atoms with E-state index in [1.807, 2.05) is 0 Å². The van der Waals surface area contributed by atoms with Crippen LogP contribution in [0.1, 0.15) is 11.5 Å². The summed E-state index contributed by atoms with van der Waals surface area (Å²) in [6, 6.07) is 13.9. The number of nitrogens with one attached hydrogen (secondary N) is 1. The molecule has 1 heterocycles. The van der Waals surface area contributed by atoms with Gasteiger partial charge < -0.3 is 9.15 Å². The van der Waals surface area contributed by atoms with Crippen molar-refractivity contribution in [2.45, 2.75) is 18.4 Å².